The minimum Gasteiger partial charge on any atom is -0.328 e. The molecule has 3 aliphatic rings. The highest BCUT2D eigenvalue weighted by Crippen LogP contribution is 2.77. The van der Waals surface area contributed by atoms with Crippen molar-refractivity contribution in [3.05, 3.63) is 71.3 Å². The summed E-state index contributed by atoms with van der Waals surface area (Å²) in [6.45, 7) is 7.00. The molecule has 142 valence electrons. The van der Waals surface area contributed by atoms with Crippen LogP contribution in [0.1, 0.15) is 62.8 Å². The van der Waals surface area contributed by atoms with Gasteiger partial charge in [0, 0.05) is 10.8 Å². The summed E-state index contributed by atoms with van der Waals surface area (Å²) in [5, 5.41) is 0. The molecule has 1 spiro atoms. The Hall–Kier alpha value is -1.25. The van der Waals surface area contributed by atoms with Gasteiger partial charge in [0.25, 0.3) is 0 Å². The zero-order valence-electron chi connectivity index (χ0n) is 16.2. The van der Waals surface area contributed by atoms with Crippen molar-refractivity contribution >= 4 is 8.60 Å². The second-order valence-electron chi connectivity index (χ2n) is 9.22. The third kappa shape index (κ3) is 2.23. The summed E-state index contributed by atoms with van der Waals surface area (Å²) in [7, 11) is -1.99. The van der Waals surface area contributed by atoms with Crippen molar-refractivity contribution in [1.82, 2.24) is 0 Å². The third-order valence-electron chi connectivity index (χ3n) is 7.65. The fraction of sp³-hybridized carbons (Fsp3) is 0.478. The first-order chi connectivity index (χ1) is 12.9. The van der Waals surface area contributed by atoms with E-state index in [0.29, 0.717) is 5.92 Å². The van der Waals surface area contributed by atoms with Gasteiger partial charge >= 0.3 is 8.60 Å². The van der Waals surface area contributed by atoms with Gasteiger partial charge in [-0.3, -0.25) is 9.05 Å². The van der Waals surface area contributed by atoms with E-state index in [1.807, 2.05) is 18.2 Å². The van der Waals surface area contributed by atoms with Crippen LogP contribution in [0.4, 0.5) is 0 Å². The van der Waals surface area contributed by atoms with E-state index in [0.717, 1.165) is 24.0 Å². The first-order valence-electron chi connectivity index (χ1n) is 9.88. The molecule has 5 atom stereocenters. The normalized spacial score (nSPS) is 39.3. The summed E-state index contributed by atoms with van der Waals surface area (Å²) in [5.41, 5.74) is 2.81. The summed E-state index contributed by atoms with van der Waals surface area (Å²) in [4.78, 5) is 10.9. The lowest BCUT2D eigenvalue weighted by Gasteiger charge is -2.53. The lowest BCUT2D eigenvalue weighted by molar-refractivity contribution is -0.133. The molecule has 27 heavy (non-hydrogen) atoms. The second-order valence-corrected chi connectivity index (χ2v) is 10.1. The zero-order chi connectivity index (χ0) is 18.9. The van der Waals surface area contributed by atoms with Crippen LogP contribution in [0.15, 0.2) is 54.6 Å². The van der Waals surface area contributed by atoms with Gasteiger partial charge in [-0.1, -0.05) is 75.4 Å². The van der Waals surface area contributed by atoms with Crippen LogP contribution >= 0.6 is 8.60 Å². The first-order valence-corrected chi connectivity index (χ1v) is 11.0. The molecule has 3 nitrogen and oxygen atoms in total. The number of hydrogen-bond acceptors (Lipinski definition) is 3. The first kappa shape index (κ1) is 17.8. The fourth-order valence-electron chi connectivity index (χ4n) is 6.39. The summed E-state index contributed by atoms with van der Waals surface area (Å²) in [5.74, 6) is 0.604. The van der Waals surface area contributed by atoms with Gasteiger partial charge in [-0.05, 0) is 41.9 Å². The minimum atomic E-state index is -1.99. The highest BCUT2D eigenvalue weighted by atomic mass is 31.2. The van der Waals surface area contributed by atoms with E-state index in [1.54, 1.807) is 0 Å². The zero-order valence-corrected chi connectivity index (χ0v) is 17.1. The smallest absolute Gasteiger partial charge is 0.328 e. The van der Waals surface area contributed by atoms with Crippen LogP contribution in [0.5, 0.6) is 0 Å². The predicted octanol–water partition coefficient (Wildman–Crippen LogP) is 6.08. The third-order valence-corrected chi connectivity index (χ3v) is 8.48. The van der Waals surface area contributed by atoms with Gasteiger partial charge in [0.15, 0.2) is 0 Å². The highest BCUT2D eigenvalue weighted by molar-refractivity contribution is 7.40. The summed E-state index contributed by atoms with van der Waals surface area (Å²) in [6, 6.07) is 18.7. The monoisotopic (exact) mass is 382 g/mol. The maximum atomic E-state index is 10.9. The van der Waals surface area contributed by atoms with Crippen LogP contribution in [-0.2, 0) is 14.6 Å². The van der Waals surface area contributed by atoms with Crippen molar-refractivity contribution in [3.8, 4) is 0 Å². The van der Waals surface area contributed by atoms with E-state index in [4.69, 9.17) is 9.05 Å². The van der Waals surface area contributed by atoms with Crippen molar-refractivity contribution in [2.75, 3.05) is 0 Å². The molecule has 1 aliphatic heterocycles. The Kier molecular flexibility index (Phi) is 3.88. The van der Waals surface area contributed by atoms with Gasteiger partial charge in [-0.2, -0.15) is 0 Å². The average molecular weight is 382 g/mol. The van der Waals surface area contributed by atoms with Crippen molar-refractivity contribution in [1.29, 1.82) is 0 Å². The van der Waals surface area contributed by atoms with Crippen molar-refractivity contribution in [2.24, 2.45) is 16.7 Å². The SMILES string of the molecule is CC1(C)[C@H]2CC[C@](C)(C2)[C@@]12O[P@](O)O[C@H](c1ccccc1)c1ccccc12. The Balaban J connectivity index is 1.77. The molecule has 5 rings (SSSR count). The lowest BCUT2D eigenvalue weighted by atomic mass is 9.57. The van der Waals surface area contributed by atoms with Gasteiger partial charge in [0.2, 0.25) is 0 Å². The maximum Gasteiger partial charge on any atom is 0.331 e. The molecule has 4 heteroatoms. The molecular formula is C23H27O3P. The Labute approximate surface area is 162 Å². The maximum absolute atomic E-state index is 10.9. The molecule has 0 aromatic heterocycles. The van der Waals surface area contributed by atoms with Crippen LogP contribution in [0.25, 0.3) is 0 Å². The summed E-state index contributed by atoms with van der Waals surface area (Å²) < 4.78 is 12.7. The Morgan fingerprint density at radius 2 is 1.70 bits per heavy atom. The van der Waals surface area contributed by atoms with Gasteiger partial charge in [0.1, 0.15) is 11.7 Å². The second kappa shape index (κ2) is 5.87. The van der Waals surface area contributed by atoms with Crippen LogP contribution in [0, 0.1) is 16.7 Å². The van der Waals surface area contributed by atoms with Crippen molar-refractivity contribution in [2.45, 2.75) is 51.7 Å². The van der Waals surface area contributed by atoms with Gasteiger partial charge < -0.3 is 4.89 Å². The molecule has 0 saturated heterocycles. The number of hydrogen-bond donors (Lipinski definition) is 1. The summed E-state index contributed by atoms with van der Waals surface area (Å²) in [6.07, 6.45) is 3.21. The lowest BCUT2D eigenvalue weighted by Crippen LogP contribution is -2.52. The van der Waals surface area contributed by atoms with E-state index in [2.05, 4.69) is 57.2 Å². The van der Waals surface area contributed by atoms with E-state index in [1.165, 1.54) is 12.0 Å². The van der Waals surface area contributed by atoms with E-state index in [-0.39, 0.29) is 16.9 Å². The van der Waals surface area contributed by atoms with Gasteiger partial charge in [-0.15, -0.1) is 0 Å². The number of benzene rings is 2. The van der Waals surface area contributed by atoms with Crippen LogP contribution in [-0.4, -0.2) is 4.89 Å². The van der Waals surface area contributed by atoms with Crippen LogP contribution in [0.3, 0.4) is 0 Å². The molecule has 2 aliphatic carbocycles. The Bertz CT molecular complexity index is 860. The highest BCUT2D eigenvalue weighted by Gasteiger charge is 2.72. The van der Waals surface area contributed by atoms with Gasteiger partial charge in [0.05, 0.1) is 0 Å². The average Bonchev–Trinajstić information content (AvgIpc) is 3.09. The largest absolute Gasteiger partial charge is 0.331 e. The van der Waals surface area contributed by atoms with Crippen molar-refractivity contribution in [3.63, 3.8) is 0 Å². The Morgan fingerprint density at radius 1 is 1.00 bits per heavy atom. The van der Waals surface area contributed by atoms with Gasteiger partial charge in [-0.25, -0.2) is 0 Å². The predicted molar refractivity (Wildman–Crippen MR) is 107 cm³/mol. The molecule has 2 aromatic carbocycles. The van der Waals surface area contributed by atoms with E-state index >= 15 is 0 Å². The molecule has 1 N–H and O–H groups in total. The quantitative estimate of drug-likeness (QED) is 0.607. The van der Waals surface area contributed by atoms with E-state index < -0.39 is 14.2 Å². The topological polar surface area (TPSA) is 38.7 Å². The van der Waals surface area contributed by atoms with E-state index in [9.17, 15) is 4.89 Å². The molecule has 0 unspecified atom stereocenters. The van der Waals surface area contributed by atoms with Crippen LogP contribution in [0.2, 0.25) is 0 Å². The fourth-order valence-corrected chi connectivity index (χ4v) is 7.64. The summed E-state index contributed by atoms with van der Waals surface area (Å²) >= 11 is 0. The van der Waals surface area contributed by atoms with Crippen molar-refractivity contribution < 1.29 is 13.9 Å². The molecular weight excluding hydrogens is 355 g/mol. The van der Waals surface area contributed by atoms with Crippen LogP contribution < -0.4 is 0 Å². The molecule has 0 radical (unpaired) electrons. The number of rotatable bonds is 1. The number of fused-ring (bicyclic) bond motifs is 5. The molecule has 2 fully saturated rings. The molecule has 0 amide bonds. The standard InChI is InChI=1S/C23H27O3P/c1-21(2)17-13-14-22(3,15-17)23(21)19-12-8-7-11-18(19)20(25-27(24)26-23)16-9-5-4-6-10-16/h4-12,17,20,24H,13-15H2,1-3H3/t17-,20+,22+,23-,27+/m0/s1. The Morgan fingerprint density at radius 3 is 2.41 bits per heavy atom. The molecule has 2 saturated carbocycles. The molecule has 2 aromatic rings. The minimum absolute atomic E-state index is 0.00945. The molecule has 2 bridgehead atoms. The molecule has 1 heterocycles.